The average Bonchev–Trinajstić information content (AvgIpc) is 2.30. The van der Waals surface area contributed by atoms with Crippen LogP contribution in [0.15, 0.2) is 23.1 Å². The van der Waals surface area contributed by atoms with Crippen molar-refractivity contribution in [3.05, 3.63) is 23.8 Å². The zero-order valence-electron chi connectivity index (χ0n) is 10.6. The monoisotopic (exact) mass is 274 g/mol. The van der Waals surface area contributed by atoms with Crippen LogP contribution in [0, 0.1) is 6.92 Å². The van der Waals surface area contributed by atoms with Crippen molar-refractivity contribution < 1.29 is 17.9 Å². The number of anilines is 1. The largest absolute Gasteiger partial charge is 0.380 e. The molecule has 0 aliphatic rings. The summed E-state index contributed by atoms with van der Waals surface area (Å²) in [5.74, 6) is 0. The van der Waals surface area contributed by atoms with E-state index in [1.807, 2.05) is 0 Å². The van der Waals surface area contributed by atoms with E-state index in [2.05, 4.69) is 5.32 Å². The molecular formula is C11H18N2O4S. The predicted molar refractivity (Wildman–Crippen MR) is 68.8 cm³/mol. The van der Waals surface area contributed by atoms with Crippen LogP contribution in [0.3, 0.4) is 0 Å². The molecule has 0 aliphatic heterocycles. The van der Waals surface area contributed by atoms with Crippen LogP contribution in [0.1, 0.15) is 5.56 Å². The van der Waals surface area contributed by atoms with Crippen LogP contribution in [-0.2, 0) is 19.5 Å². The summed E-state index contributed by atoms with van der Waals surface area (Å²) in [7, 11) is -0.646. The number of primary sulfonamides is 1. The molecule has 0 amide bonds. The number of benzene rings is 1. The van der Waals surface area contributed by atoms with Gasteiger partial charge in [-0.3, -0.25) is 0 Å². The summed E-state index contributed by atoms with van der Waals surface area (Å²) in [4.78, 5) is 0.110. The number of hydrogen-bond acceptors (Lipinski definition) is 5. The molecule has 0 aliphatic carbocycles. The van der Waals surface area contributed by atoms with E-state index in [-0.39, 0.29) is 4.90 Å². The van der Waals surface area contributed by atoms with Gasteiger partial charge in [0.15, 0.2) is 6.29 Å². The van der Waals surface area contributed by atoms with E-state index in [1.54, 1.807) is 19.1 Å². The first-order valence-electron chi connectivity index (χ1n) is 5.32. The van der Waals surface area contributed by atoms with Crippen LogP contribution in [0.25, 0.3) is 0 Å². The zero-order valence-corrected chi connectivity index (χ0v) is 11.5. The zero-order chi connectivity index (χ0) is 13.8. The number of hydrogen-bond donors (Lipinski definition) is 2. The van der Waals surface area contributed by atoms with E-state index in [9.17, 15) is 8.42 Å². The van der Waals surface area contributed by atoms with Crippen molar-refractivity contribution >= 4 is 15.7 Å². The second-order valence-corrected chi connectivity index (χ2v) is 5.29. The minimum absolute atomic E-state index is 0.110. The molecule has 0 saturated heterocycles. The van der Waals surface area contributed by atoms with Gasteiger partial charge in [-0.2, -0.15) is 0 Å². The molecule has 0 bridgehead atoms. The van der Waals surface area contributed by atoms with Gasteiger partial charge < -0.3 is 14.8 Å². The molecule has 0 fully saturated rings. The highest BCUT2D eigenvalue weighted by molar-refractivity contribution is 7.89. The van der Waals surface area contributed by atoms with Gasteiger partial charge in [0.1, 0.15) is 0 Å². The third kappa shape index (κ3) is 3.67. The van der Waals surface area contributed by atoms with Crippen LogP contribution in [0.2, 0.25) is 0 Å². The summed E-state index contributed by atoms with van der Waals surface area (Å²) >= 11 is 0. The number of rotatable bonds is 6. The lowest BCUT2D eigenvalue weighted by atomic mass is 10.2. The summed E-state index contributed by atoms with van der Waals surface area (Å²) in [6.07, 6.45) is -0.400. The third-order valence-electron chi connectivity index (χ3n) is 2.58. The van der Waals surface area contributed by atoms with E-state index < -0.39 is 16.3 Å². The van der Waals surface area contributed by atoms with Gasteiger partial charge >= 0.3 is 0 Å². The first-order valence-corrected chi connectivity index (χ1v) is 6.86. The van der Waals surface area contributed by atoms with Crippen LogP contribution in [0.5, 0.6) is 0 Å². The highest BCUT2D eigenvalue weighted by atomic mass is 32.2. The lowest BCUT2D eigenvalue weighted by Crippen LogP contribution is -2.24. The quantitative estimate of drug-likeness (QED) is 0.744. The second-order valence-electron chi connectivity index (χ2n) is 3.76. The maximum Gasteiger partial charge on any atom is 0.238 e. The first kappa shape index (κ1) is 14.9. The molecule has 0 heterocycles. The molecule has 1 aromatic rings. The Kier molecular flexibility index (Phi) is 5.09. The topological polar surface area (TPSA) is 90.6 Å². The fourth-order valence-electron chi connectivity index (χ4n) is 1.57. The third-order valence-corrected chi connectivity index (χ3v) is 3.63. The Morgan fingerprint density at radius 1 is 1.33 bits per heavy atom. The van der Waals surface area contributed by atoms with Crippen molar-refractivity contribution in [2.45, 2.75) is 18.1 Å². The molecule has 18 heavy (non-hydrogen) atoms. The Labute approximate surface area is 107 Å². The van der Waals surface area contributed by atoms with Gasteiger partial charge in [-0.25, -0.2) is 13.6 Å². The summed E-state index contributed by atoms with van der Waals surface area (Å²) in [5, 5.41) is 8.19. The SMILES string of the molecule is COC(CNc1cccc(S(N)(=O)=O)c1C)OC. The van der Waals surface area contributed by atoms with E-state index in [4.69, 9.17) is 14.6 Å². The van der Waals surface area contributed by atoms with Crippen molar-refractivity contribution in [2.24, 2.45) is 5.14 Å². The van der Waals surface area contributed by atoms with Gasteiger partial charge in [0, 0.05) is 19.9 Å². The number of sulfonamides is 1. The summed E-state index contributed by atoms with van der Waals surface area (Å²) in [6, 6.07) is 4.87. The van der Waals surface area contributed by atoms with Gasteiger partial charge in [0.05, 0.1) is 11.4 Å². The first-order chi connectivity index (χ1) is 8.40. The molecule has 1 aromatic carbocycles. The highest BCUT2D eigenvalue weighted by Gasteiger charge is 2.14. The van der Waals surface area contributed by atoms with Crippen molar-refractivity contribution in [2.75, 3.05) is 26.1 Å². The number of nitrogens with one attached hydrogen (secondary N) is 1. The summed E-state index contributed by atoms with van der Waals surface area (Å²) < 4.78 is 32.8. The molecule has 0 unspecified atom stereocenters. The van der Waals surface area contributed by atoms with Crippen LogP contribution in [0.4, 0.5) is 5.69 Å². The molecule has 0 radical (unpaired) electrons. The van der Waals surface area contributed by atoms with E-state index >= 15 is 0 Å². The predicted octanol–water partition coefficient (Wildman–Crippen LogP) is 0.673. The Balaban J connectivity index is 2.92. The lowest BCUT2D eigenvalue weighted by Gasteiger charge is -2.17. The molecule has 1 rings (SSSR count). The maximum absolute atomic E-state index is 11.4. The standard InChI is InChI=1S/C11H18N2O4S/c1-8-9(13-7-11(16-2)17-3)5-4-6-10(8)18(12,14)15/h4-6,11,13H,7H2,1-3H3,(H2,12,14,15). The molecule has 0 saturated carbocycles. The van der Waals surface area contributed by atoms with Gasteiger partial charge in [-0.05, 0) is 24.6 Å². The highest BCUT2D eigenvalue weighted by Crippen LogP contribution is 2.21. The Hall–Kier alpha value is -1.15. The van der Waals surface area contributed by atoms with Crippen molar-refractivity contribution in [3.63, 3.8) is 0 Å². The van der Waals surface area contributed by atoms with Gasteiger partial charge in [0.2, 0.25) is 10.0 Å². The number of ether oxygens (including phenoxy) is 2. The maximum atomic E-state index is 11.4. The van der Waals surface area contributed by atoms with Crippen molar-refractivity contribution in [3.8, 4) is 0 Å². The van der Waals surface area contributed by atoms with Gasteiger partial charge in [0.25, 0.3) is 0 Å². The molecule has 0 spiro atoms. The molecular weight excluding hydrogens is 256 g/mol. The van der Waals surface area contributed by atoms with E-state index in [1.165, 1.54) is 20.3 Å². The second kappa shape index (κ2) is 6.14. The normalized spacial score (nSPS) is 11.8. The molecule has 102 valence electrons. The Bertz CT molecular complexity index is 498. The average molecular weight is 274 g/mol. The van der Waals surface area contributed by atoms with Crippen LogP contribution < -0.4 is 10.5 Å². The lowest BCUT2D eigenvalue weighted by molar-refractivity contribution is -0.0914. The minimum atomic E-state index is -3.71. The van der Waals surface area contributed by atoms with Crippen LogP contribution in [-0.4, -0.2) is 35.5 Å². The van der Waals surface area contributed by atoms with E-state index in [0.717, 1.165) is 0 Å². The van der Waals surface area contributed by atoms with Gasteiger partial charge in [-0.15, -0.1) is 0 Å². The molecule has 0 atom stereocenters. The number of methoxy groups -OCH3 is 2. The van der Waals surface area contributed by atoms with Crippen molar-refractivity contribution in [1.82, 2.24) is 0 Å². The van der Waals surface area contributed by atoms with Gasteiger partial charge in [-0.1, -0.05) is 6.07 Å². The minimum Gasteiger partial charge on any atom is -0.380 e. The Morgan fingerprint density at radius 3 is 2.44 bits per heavy atom. The van der Waals surface area contributed by atoms with E-state index in [0.29, 0.717) is 17.8 Å². The van der Waals surface area contributed by atoms with Crippen LogP contribution >= 0.6 is 0 Å². The molecule has 6 nitrogen and oxygen atoms in total. The fourth-order valence-corrected chi connectivity index (χ4v) is 2.38. The molecule has 3 N–H and O–H groups in total. The molecule has 7 heteroatoms. The summed E-state index contributed by atoms with van der Waals surface area (Å²) in [6.45, 7) is 2.10. The summed E-state index contributed by atoms with van der Waals surface area (Å²) in [5.41, 5.74) is 1.26. The van der Waals surface area contributed by atoms with Crippen molar-refractivity contribution in [1.29, 1.82) is 0 Å². The fraction of sp³-hybridized carbons (Fsp3) is 0.455. The smallest absolute Gasteiger partial charge is 0.238 e. The Morgan fingerprint density at radius 2 is 1.94 bits per heavy atom. The molecule has 0 aromatic heterocycles. The number of nitrogens with two attached hydrogens (primary N) is 1.